The molecule has 110 valence electrons. The molecule has 4 heteroatoms. The average molecular weight is 284 g/mol. The lowest BCUT2D eigenvalue weighted by Crippen LogP contribution is -2.25. The van der Waals surface area contributed by atoms with Crippen molar-refractivity contribution in [2.75, 3.05) is 0 Å². The number of aromatic nitrogens is 2. The van der Waals surface area contributed by atoms with Gasteiger partial charge in [-0.15, -0.1) is 0 Å². The average Bonchev–Trinajstić information content (AvgIpc) is 2.97. The molecule has 1 atom stereocenters. The number of nitrogens with one attached hydrogen (secondary N) is 1. The molecule has 0 spiro atoms. The predicted molar refractivity (Wildman–Crippen MR) is 80.3 cm³/mol. The van der Waals surface area contributed by atoms with Crippen LogP contribution >= 0.6 is 0 Å². The standard InChI is InChI=1S/C17H20N2O2/c1-11(2)15-10-16(19-18-15)17(20)21-14-8-7-12-5-3-4-6-13(12)9-14/h3-6,10-11,14H,7-9H2,1-2H3,(H,18,19). The van der Waals surface area contributed by atoms with Crippen LogP contribution in [0, 0.1) is 0 Å². The zero-order valence-corrected chi connectivity index (χ0v) is 12.4. The molecular formula is C17H20N2O2. The third-order valence-electron chi connectivity index (χ3n) is 4.00. The van der Waals surface area contributed by atoms with E-state index in [1.165, 1.54) is 11.1 Å². The van der Waals surface area contributed by atoms with Gasteiger partial charge in [0.25, 0.3) is 0 Å². The number of hydrogen-bond acceptors (Lipinski definition) is 3. The van der Waals surface area contributed by atoms with E-state index in [9.17, 15) is 4.79 Å². The van der Waals surface area contributed by atoms with Crippen LogP contribution in [0.1, 0.15) is 53.5 Å². The highest BCUT2D eigenvalue weighted by Gasteiger charge is 2.23. The first-order valence-corrected chi connectivity index (χ1v) is 7.46. The van der Waals surface area contributed by atoms with E-state index in [0.29, 0.717) is 11.6 Å². The molecule has 21 heavy (non-hydrogen) atoms. The van der Waals surface area contributed by atoms with E-state index in [4.69, 9.17) is 4.74 Å². The first-order valence-electron chi connectivity index (χ1n) is 7.46. The van der Waals surface area contributed by atoms with Crippen LogP contribution in [0.2, 0.25) is 0 Å². The number of aryl methyl sites for hydroxylation is 1. The van der Waals surface area contributed by atoms with Crippen molar-refractivity contribution in [2.24, 2.45) is 0 Å². The van der Waals surface area contributed by atoms with Crippen molar-refractivity contribution < 1.29 is 9.53 Å². The summed E-state index contributed by atoms with van der Waals surface area (Å²) in [6.07, 6.45) is 2.59. The third kappa shape index (κ3) is 2.99. The van der Waals surface area contributed by atoms with Crippen molar-refractivity contribution in [2.45, 2.75) is 45.1 Å². The fraction of sp³-hybridized carbons (Fsp3) is 0.412. The minimum absolute atomic E-state index is 0.0494. The molecular weight excluding hydrogens is 264 g/mol. The molecule has 0 aliphatic heterocycles. The predicted octanol–water partition coefficient (Wildman–Crippen LogP) is 3.25. The largest absolute Gasteiger partial charge is 0.457 e. The van der Waals surface area contributed by atoms with E-state index in [1.54, 1.807) is 6.07 Å². The van der Waals surface area contributed by atoms with Crippen LogP contribution < -0.4 is 0 Å². The molecule has 0 saturated heterocycles. The number of fused-ring (bicyclic) bond motifs is 1. The van der Waals surface area contributed by atoms with Gasteiger partial charge in [-0.05, 0) is 36.0 Å². The van der Waals surface area contributed by atoms with Gasteiger partial charge in [0.1, 0.15) is 6.10 Å². The van der Waals surface area contributed by atoms with E-state index < -0.39 is 0 Å². The molecule has 0 radical (unpaired) electrons. The fourth-order valence-corrected chi connectivity index (χ4v) is 2.71. The second-order valence-corrected chi connectivity index (χ2v) is 5.90. The summed E-state index contributed by atoms with van der Waals surface area (Å²) in [5.41, 5.74) is 3.98. The Kier molecular flexibility index (Phi) is 3.78. The number of aromatic amines is 1. The Morgan fingerprint density at radius 3 is 2.81 bits per heavy atom. The Morgan fingerprint density at radius 2 is 2.10 bits per heavy atom. The Hall–Kier alpha value is -2.10. The van der Waals surface area contributed by atoms with Gasteiger partial charge in [0.05, 0.1) is 0 Å². The molecule has 3 rings (SSSR count). The van der Waals surface area contributed by atoms with Gasteiger partial charge >= 0.3 is 5.97 Å². The monoisotopic (exact) mass is 284 g/mol. The van der Waals surface area contributed by atoms with Crippen LogP contribution in [0.15, 0.2) is 30.3 Å². The minimum atomic E-state index is -0.331. The van der Waals surface area contributed by atoms with Crippen LogP contribution in [0.4, 0.5) is 0 Å². The number of benzene rings is 1. The number of H-pyrrole nitrogens is 1. The van der Waals surface area contributed by atoms with Crippen molar-refractivity contribution in [3.8, 4) is 0 Å². The Balaban J connectivity index is 1.66. The molecule has 0 saturated carbocycles. The summed E-state index contributed by atoms with van der Waals surface area (Å²) in [6.45, 7) is 4.11. The van der Waals surface area contributed by atoms with E-state index in [2.05, 4.69) is 42.2 Å². The third-order valence-corrected chi connectivity index (χ3v) is 4.00. The highest BCUT2D eigenvalue weighted by atomic mass is 16.5. The van der Waals surface area contributed by atoms with Gasteiger partial charge in [0, 0.05) is 12.1 Å². The van der Waals surface area contributed by atoms with Crippen molar-refractivity contribution in [1.29, 1.82) is 0 Å². The molecule has 1 aliphatic rings. The summed E-state index contributed by atoms with van der Waals surface area (Å²) in [4.78, 5) is 12.2. The summed E-state index contributed by atoms with van der Waals surface area (Å²) in [5.74, 6) is -0.0110. The zero-order valence-electron chi connectivity index (χ0n) is 12.4. The van der Waals surface area contributed by atoms with Crippen LogP contribution in [-0.4, -0.2) is 22.3 Å². The highest BCUT2D eigenvalue weighted by molar-refractivity contribution is 5.87. The number of nitrogens with zero attached hydrogens (tertiary/aromatic N) is 1. The molecule has 1 aromatic heterocycles. The van der Waals surface area contributed by atoms with Crippen molar-refractivity contribution in [3.63, 3.8) is 0 Å². The number of carbonyl (C=O) groups excluding carboxylic acids is 1. The van der Waals surface area contributed by atoms with Gasteiger partial charge in [0.2, 0.25) is 0 Å². The second kappa shape index (κ2) is 5.72. The molecule has 1 aromatic carbocycles. The number of ether oxygens (including phenoxy) is 1. The first-order chi connectivity index (χ1) is 10.1. The van der Waals surface area contributed by atoms with Crippen molar-refractivity contribution in [3.05, 3.63) is 52.8 Å². The van der Waals surface area contributed by atoms with Crippen molar-refractivity contribution >= 4 is 5.97 Å². The second-order valence-electron chi connectivity index (χ2n) is 5.90. The number of hydrogen-bond donors (Lipinski definition) is 1. The highest BCUT2D eigenvalue weighted by Crippen LogP contribution is 2.23. The summed E-state index contributed by atoms with van der Waals surface area (Å²) in [7, 11) is 0. The van der Waals surface area contributed by atoms with E-state index in [0.717, 1.165) is 25.0 Å². The maximum Gasteiger partial charge on any atom is 0.359 e. The minimum Gasteiger partial charge on any atom is -0.457 e. The molecule has 1 heterocycles. The van der Waals surface area contributed by atoms with Gasteiger partial charge < -0.3 is 4.74 Å². The van der Waals surface area contributed by atoms with Crippen LogP contribution in [0.3, 0.4) is 0 Å². The van der Waals surface area contributed by atoms with Gasteiger partial charge in [-0.3, -0.25) is 5.10 Å². The van der Waals surface area contributed by atoms with Crippen LogP contribution in [0.25, 0.3) is 0 Å². The van der Waals surface area contributed by atoms with Gasteiger partial charge in [-0.1, -0.05) is 38.1 Å². The maximum absolute atomic E-state index is 12.2. The molecule has 2 aromatic rings. The molecule has 4 nitrogen and oxygen atoms in total. The summed E-state index contributed by atoms with van der Waals surface area (Å²) in [5, 5.41) is 6.94. The number of esters is 1. The lowest BCUT2D eigenvalue weighted by atomic mass is 9.90. The smallest absolute Gasteiger partial charge is 0.359 e. The van der Waals surface area contributed by atoms with E-state index >= 15 is 0 Å². The Bertz CT molecular complexity index is 646. The molecule has 0 amide bonds. The quantitative estimate of drug-likeness (QED) is 0.880. The van der Waals surface area contributed by atoms with E-state index in [1.807, 2.05) is 6.07 Å². The SMILES string of the molecule is CC(C)c1cc(C(=O)OC2CCc3ccccc3C2)n[nH]1. The van der Waals surface area contributed by atoms with Gasteiger partial charge in [-0.2, -0.15) is 5.10 Å². The van der Waals surface area contributed by atoms with Gasteiger partial charge in [-0.25, -0.2) is 4.79 Å². The lowest BCUT2D eigenvalue weighted by molar-refractivity contribution is 0.0264. The molecule has 0 bridgehead atoms. The van der Waals surface area contributed by atoms with Crippen LogP contribution in [-0.2, 0) is 17.6 Å². The van der Waals surface area contributed by atoms with E-state index in [-0.39, 0.29) is 12.1 Å². The van der Waals surface area contributed by atoms with Gasteiger partial charge in [0.15, 0.2) is 5.69 Å². The summed E-state index contributed by atoms with van der Waals surface area (Å²) < 4.78 is 5.61. The molecule has 1 unspecified atom stereocenters. The number of rotatable bonds is 3. The topological polar surface area (TPSA) is 55.0 Å². The molecule has 0 fully saturated rings. The Morgan fingerprint density at radius 1 is 1.33 bits per heavy atom. The van der Waals surface area contributed by atoms with Crippen LogP contribution in [0.5, 0.6) is 0 Å². The summed E-state index contributed by atoms with van der Waals surface area (Å²) in [6, 6.07) is 10.1. The number of carbonyl (C=O) groups is 1. The zero-order chi connectivity index (χ0) is 14.8. The first kappa shape index (κ1) is 13.9. The normalized spacial score (nSPS) is 17.6. The lowest BCUT2D eigenvalue weighted by Gasteiger charge is -2.24. The van der Waals surface area contributed by atoms with Crippen molar-refractivity contribution in [1.82, 2.24) is 10.2 Å². The fourth-order valence-electron chi connectivity index (χ4n) is 2.71. The Labute approximate surface area is 124 Å². The molecule has 1 N–H and O–H groups in total. The molecule has 1 aliphatic carbocycles. The summed E-state index contributed by atoms with van der Waals surface area (Å²) >= 11 is 0. The maximum atomic E-state index is 12.2.